The number of carboxylic acids is 1. The van der Waals surface area contributed by atoms with Crippen LogP contribution in [0.5, 0.6) is 5.75 Å². The van der Waals surface area contributed by atoms with E-state index in [9.17, 15) is 9.90 Å². The molecule has 3 rings (SSSR count). The Morgan fingerprint density at radius 2 is 1.93 bits per heavy atom. The van der Waals surface area contributed by atoms with Gasteiger partial charge in [0, 0.05) is 24.8 Å². The molecule has 0 aliphatic carbocycles. The molecular formula is C20H18ClN3O4S. The Balaban J connectivity index is 1.86. The lowest BCUT2D eigenvalue weighted by Gasteiger charge is -2.11. The topological polar surface area (TPSA) is 88.7 Å². The van der Waals surface area contributed by atoms with E-state index in [1.165, 1.54) is 7.11 Å². The molecular weight excluding hydrogens is 414 g/mol. The first kappa shape index (κ1) is 20.8. The number of hydrogen-bond acceptors (Lipinski definition) is 7. The first-order valence-corrected chi connectivity index (χ1v) is 9.64. The van der Waals surface area contributed by atoms with Gasteiger partial charge in [0.1, 0.15) is 10.7 Å². The summed E-state index contributed by atoms with van der Waals surface area (Å²) in [5, 5.41) is 18.1. The zero-order valence-corrected chi connectivity index (χ0v) is 17.5. The maximum absolute atomic E-state index is 11.7. The summed E-state index contributed by atoms with van der Waals surface area (Å²) in [6.07, 6.45) is 1.55. The number of hydrogen-bond donors (Lipinski definition) is 1. The van der Waals surface area contributed by atoms with Gasteiger partial charge in [0.15, 0.2) is 0 Å². The van der Waals surface area contributed by atoms with Crippen LogP contribution in [0.4, 0.5) is 5.69 Å². The van der Waals surface area contributed by atoms with Crippen molar-refractivity contribution in [1.29, 1.82) is 0 Å². The number of ether oxygens (including phenoxy) is 1. The van der Waals surface area contributed by atoms with Crippen LogP contribution in [0.1, 0.15) is 5.56 Å². The molecule has 0 aliphatic heterocycles. The summed E-state index contributed by atoms with van der Waals surface area (Å²) < 4.78 is 10.9. The van der Waals surface area contributed by atoms with Crippen LogP contribution in [0.3, 0.4) is 0 Å². The second-order valence-electron chi connectivity index (χ2n) is 6.12. The molecule has 0 spiro atoms. The molecule has 3 aromatic rings. The van der Waals surface area contributed by atoms with E-state index in [-0.39, 0.29) is 16.0 Å². The third-order valence-electron chi connectivity index (χ3n) is 3.91. The standard InChI is InChI=1S/C20H18ClN3O4S/c1-24(2)14-7-4-12(5-8-14)10-17(19(25)26)29-20-23-22-18(28-20)15-11-13(21)6-9-16(15)27-3/h4-11H,1-3H3,(H,25,26)/b17-10-. The maximum atomic E-state index is 11.7. The largest absolute Gasteiger partial charge is 0.496 e. The molecule has 150 valence electrons. The van der Waals surface area contributed by atoms with Gasteiger partial charge in [-0.15, -0.1) is 10.2 Å². The number of rotatable bonds is 7. The quantitative estimate of drug-likeness (QED) is 0.426. The Hall–Kier alpha value is -2.97. The Kier molecular flexibility index (Phi) is 6.46. The van der Waals surface area contributed by atoms with Gasteiger partial charge in [-0.25, -0.2) is 4.79 Å². The van der Waals surface area contributed by atoms with Gasteiger partial charge in [0.25, 0.3) is 11.1 Å². The number of benzene rings is 2. The molecule has 0 fully saturated rings. The van der Waals surface area contributed by atoms with E-state index in [0.29, 0.717) is 16.3 Å². The average Bonchev–Trinajstić information content (AvgIpc) is 3.16. The molecule has 0 saturated heterocycles. The molecule has 0 saturated carbocycles. The number of anilines is 1. The molecule has 0 atom stereocenters. The molecule has 0 aliphatic rings. The Morgan fingerprint density at radius 1 is 1.21 bits per heavy atom. The second-order valence-corrected chi connectivity index (χ2v) is 7.55. The molecule has 0 amide bonds. The number of thioether (sulfide) groups is 1. The van der Waals surface area contributed by atoms with Gasteiger partial charge in [0.05, 0.1) is 12.7 Å². The summed E-state index contributed by atoms with van der Waals surface area (Å²) in [4.78, 5) is 13.7. The Morgan fingerprint density at radius 3 is 2.55 bits per heavy atom. The number of nitrogens with zero attached hydrogens (tertiary/aromatic N) is 3. The molecule has 1 heterocycles. The predicted molar refractivity (Wildman–Crippen MR) is 114 cm³/mol. The van der Waals surface area contributed by atoms with Crippen LogP contribution >= 0.6 is 23.4 Å². The van der Waals surface area contributed by atoms with Crippen molar-refractivity contribution in [3.8, 4) is 17.2 Å². The van der Waals surface area contributed by atoms with Crippen molar-refractivity contribution < 1.29 is 19.1 Å². The summed E-state index contributed by atoms with van der Waals surface area (Å²) in [6, 6.07) is 12.5. The summed E-state index contributed by atoms with van der Waals surface area (Å²) in [7, 11) is 5.39. The minimum atomic E-state index is -1.09. The lowest BCUT2D eigenvalue weighted by molar-refractivity contribution is -0.131. The first-order chi connectivity index (χ1) is 13.9. The number of aromatic nitrogens is 2. The number of methoxy groups -OCH3 is 1. The van der Waals surface area contributed by atoms with Crippen molar-refractivity contribution in [1.82, 2.24) is 10.2 Å². The van der Waals surface area contributed by atoms with Crippen LogP contribution in [0, 0.1) is 0 Å². The van der Waals surface area contributed by atoms with Crippen LogP contribution in [0.15, 0.2) is 57.0 Å². The third-order valence-corrected chi connectivity index (χ3v) is 5.00. The van der Waals surface area contributed by atoms with E-state index in [2.05, 4.69) is 10.2 Å². The summed E-state index contributed by atoms with van der Waals surface area (Å²) in [6.45, 7) is 0. The third kappa shape index (κ3) is 5.10. The van der Waals surface area contributed by atoms with Crippen molar-refractivity contribution >= 4 is 41.1 Å². The molecule has 1 N–H and O–H groups in total. The van der Waals surface area contributed by atoms with Crippen molar-refractivity contribution in [2.24, 2.45) is 0 Å². The lowest BCUT2D eigenvalue weighted by atomic mass is 10.2. The van der Waals surface area contributed by atoms with Gasteiger partial charge < -0.3 is 19.2 Å². The normalized spacial score (nSPS) is 11.4. The molecule has 1 aromatic heterocycles. The second kappa shape index (κ2) is 9.02. The molecule has 0 unspecified atom stereocenters. The van der Waals surface area contributed by atoms with E-state index in [0.717, 1.165) is 23.0 Å². The lowest BCUT2D eigenvalue weighted by Crippen LogP contribution is -2.07. The predicted octanol–water partition coefficient (Wildman–Crippen LogP) is 4.68. The van der Waals surface area contributed by atoms with Gasteiger partial charge in [-0.05, 0) is 53.7 Å². The first-order valence-electron chi connectivity index (χ1n) is 8.45. The minimum absolute atomic E-state index is 0.0517. The van der Waals surface area contributed by atoms with Crippen molar-refractivity contribution in [3.63, 3.8) is 0 Å². The van der Waals surface area contributed by atoms with Gasteiger partial charge in [-0.2, -0.15) is 0 Å². The molecule has 29 heavy (non-hydrogen) atoms. The highest BCUT2D eigenvalue weighted by molar-refractivity contribution is 8.03. The van der Waals surface area contributed by atoms with Crippen molar-refractivity contribution in [2.75, 3.05) is 26.1 Å². The summed E-state index contributed by atoms with van der Waals surface area (Å²) >= 11 is 6.91. The molecule has 7 nitrogen and oxygen atoms in total. The van der Waals surface area contributed by atoms with Crippen LogP contribution in [-0.2, 0) is 4.79 Å². The van der Waals surface area contributed by atoms with Gasteiger partial charge >= 0.3 is 5.97 Å². The van der Waals surface area contributed by atoms with E-state index in [1.807, 2.05) is 43.3 Å². The minimum Gasteiger partial charge on any atom is -0.496 e. The van der Waals surface area contributed by atoms with Gasteiger partial charge in [0.2, 0.25) is 0 Å². The SMILES string of the molecule is COc1ccc(Cl)cc1-c1nnc(S/C(=C\c2ccc(N(C)C)cc2)C(=O)O)o1. The van der Waals surface area contributed by atoms with Crippen molar-refractivity contribution in [3.05, 3.63) is 58.0 Å². The number of halogens is 1. The fraction of sp³-hybridized carbons (Fsp3) is 0.150. The monoisotopic (exact) mass is 431 g/mol. The number of carbonyl (C=O) groups is 1. The molecule has 9 heteroatoms. The highest BCUT2D eigenvalue weighted by Crippen LogP contribution is 2.35. The van der Waals surface area contributed by atoms with Crippen molar-refractivity contribution in [2.45, 2.75) is 5.22 Å². The summed E-state index contributed by atoms with van der Waals surface area (Å²) in [5.41, 5.74) is 2.29. The zero-order valence-electron chi connectivity index (χ0n) is 15.9. The molecule has 0 bridgehead atoms. The zero-order chi connectivity index (χ0) is 21.0. The van der Waals surface area contributed by atoms with Crippen LogP contribution in [0.25, 0.3) is 17.5 Å². The smallest absolute Gasteiger partial charge is 0.342 e. The number of aliphatic carboxylic acids is 1. The Labute approximate surface area is 177 Å². The highest BCUT2D eigenvalue weighted by atomic mass is 35.5. The van der Waals surface area contributed by atoms with E-state index < -0.39 is 5.97 Å². The van der Waals surface area contributed by atoms with Gasteiger partial charge in [-0.1, -0.05) is 23.7 Å². The molecule has 2 aromatic carbocycles. The van der Waals surface area contributed by atoms with E-state index in [4.69, 9.17) is 20.8 Å². The van der Waals surface area contributed by atoms with Crippen LogP contribution in [0.2, 0.25) is 5.02 Å². The summed E-state index contributed by atoms with van der Waals surface area (Å²) in [5.74, 6) is -0.386. The Bertz CT molecular complexity index is 1050. The average molecular weight is 432 g/mol. The van der Waals surface area contributed by atoms with Gasteiger partial charge in [-0.3, -0.25) is 0 Å². The fourth-order valence-electron chi connectivity index (χ4n) is 2.46. The maximum Gasteiger partial charge on any atom is 0.342 e. The fourth-order valence-corrected chi connectivity index (χ4v) is 3.30. The van der Waals surface area contributed by atoms with Crippen LogP contribution in [-0.4, -0.2) is 42.5 Å². The van der Waals surface area contributed by atoms with E-state index in [1.54, 1.807) is 24.3 Å². The molecule has 0 radical (unpaired) electrons. The highest BCUT2D eigenvalue weighted by Gasteiger charge is 2.18. The number of carboxylic acid groups (broad SMARTS) is 1. The van der Waals surface area contributed by atoms with Crippen LogP contribution < -0.4 is 9.64 Å². The van der Waals surface area contributed by atoms with E-state index >= 15 is 0 Å².